The topological polar surface area (TPSA) is 40.5 Å². The van der Waals surface area contributed by atoms with E-state index in [0.717, 1.165) is 16.8 Å². The van der Waals surface area contributed by atoms with Gasteiger partial charge in [-0.2, -0.15) is 0 Å². The second-order valence-electron chi connectivity index (χ2n) is 5.57. The number of carbonyl (C=O) groups is 1. The van der Waals surface area contributed by atoms with Gasteiger partial charge >= 0.3 is 0 Å². The molecule has 25 heavy (non-hydrogen) atoms. The Morgan fingerprint density at radius 2 is 1.84 bits per heavy atom. The van der Waals surface area contributed by atoms with Gasteiger partial charge in [0.25, 0.3) is 5.91 Å². The van der Waals surface area contributed by atoms with Crippen molar-refractivity contribution in [2.45, 2.75) is 13.8 Å². The second kappa shape index (κ2) is 7.00. The molecule has 3 rings (SSSR count). The number of rotatable bonds is 2. The molecule has 1 aliphatic rings. The first-order valence-electron chi connectivity index (χ1n) is 7.31. The number of hydrogen-bond donors (Lipinski definition) is 1. The molecule has 3 nitrogen and oxygen atoms in total. The van der Waals surface area contributed by atoms with E-state index in [-0.39, 0.29) is 21.7 Å². The lowest BCUT2D eigenvalue weighted by Gasteiger charge is -2.18. The van der Waals surface area contributed by atoms with E-state index in [4.69, 9.17) is 35.4 Å². The number of aromatic hydroxyl groups is 1. The SMILES string of the molecule is Cc1cccc(N2C(=O)/C(=C/c3cc(Cl)c(O)c(Cl)c3)SC2=S)c1C. The third-order valence-electron chi connectivity index (χ3n) is 3.95. The van der Waals surface area contributed by atoms with Crippen molar-refractivity contribution < 1.29 is 9.90 Å². The van der Waals surface area contributed by atoms with E-state index in [1.807, 2.05) is 32.0 Å². The lowest BCUT2D eigenvalue weighted by Crippen LogP contribution is -2.28. The zero-order valence-electron chi connectivity index (χ0n) is 13.3. The maximum absolute atomic E-state index is 12.9. The average molecular weight is 410 g/mol. The molecule has 0 aromatic heterocycles. The van der Waals surface area contributed by atoms with Gasteiger partial charge in [-0.3, -0.25) is 9.69 Å². The van der Waals surface area contributed by atoms with Gasteiger partial charge in [0.15, 0.2) is 10.1 Å². The fraction of sp³-hybridized carbons (Fsp3) is 0.111. The summed E-state index contributed by atoms with van der Waals surface area (Å²) in [5.74, 6) is -0.368. The molecular weight excluding hydrogens is 397 g/mol. The molecule has 0 aliphatic carbocycles. The Hall–Kier alpha value is -1.53. The molecule has 1 heterocycles. The number of carbonyl (C=O) groups excluding carboxylic acids is 1. The van der Waals surface area contributed by atoms with Crippen LogP contribution in [-0.4, -0.2) is 15.3 Å². The summed E-state index contributed by atoms with van der Waals surface area (Å²) in [6.45, 7) is 3.96. The highest BCUT2D eigenvalue weighted by Crippen LogP contribution is 2.39. The minimum atomic E-state index is -0.191. The molecule has 1 amide bonds. The molecule has 0 radical (unpaired) electrons. The molecule has 1 N–H and O–H groups in total. The van der Waals surface area contributed by atoms with Crippen LogP contribution in [0.25, 0.3) is 6.08 Å². The van der Waals surface area contributed by atoms with Gasteiger partial charge in [0.1, 0.15) is 0 Å². The number of aryl methyl sites for hydroxylation is 1. The Morgan fingerprint density at radius 1 is 1.20 bits per heavy atom. The molecule has 128 valence electrons. The summed E-state index contributed by atoms with van der Waals surface area (Å²) in [5, 5.41) is 9.90. The molecule has 1 saturated heterocycles. The summed E-state index contributed by atoms with van der Waals surface area (Å²) in [6, 6.07) is 8.87. The van der Waals surface area contributed by atoms with Crippen LogP contribution in [0.2, 0.25) is 10.0 Å². The molecule has 0 unspecified atom stereocenters. The van der Waals surface area contributed by atoms with E-state index >= 15 is 0 Å². The van der Waals surface area contributed by atoms with E-state index in [9.17, 15) is 9.90 Å². The van der Waals surface area contributed by atoms with Crippen LogP contribution in [0.3, 0.4) is 0 Å². The van der Waals surface area contributed by atoms with Crippen LogP contribution in [0.1, 0.15) is 16.7 Å². The van der Waals surface area contributed by atoms with Gasteiger partial charge in [-0.15, -0.1) is 0 Å². The fourth-order valence-electron chi connectivity index (χ4n) is 2.47. The van der Waals surface area contributed by atoms with Crippen molar-refractivity contribution >= 4 is 69.2 Å². The summed E-state index contributed by atoms with van der Waals surface area (Å²) < 4.78 is 0.473. The highest BCUT2D eigenvalue weighted by molar-refractivity contribution is 8.27. The Bertz CT molecular complexity index is 918. The van der Waals surface area contributed by atoms with Gasteiger partial charge in [0, 0.05) is 0 Å². The van der Waals surface area contributed by atoms with Gasteiger partial charge in [0.2, 0.25) is 0 Å². The van der Waals surface area contributed by atoms with E-state index in [1.54, 1.807) is 18.2 Å². The standard InChI is InChI=1S/C18H13Cl2NO2S2/c1-9-4-3-5-14(10(9)2)21-17(23)15(25-18(21)24)8-11-6-12(19)16(22)13(20)7-11/h3-8,22H,1-2H3/b15-8-. The summed E-state index contributed by atoms with van der Waals surface area (Å²) in [4.78, 5) is 14.9. The number of amides is 1. The highest BCUT2D eigenvalue weighted by Gasteiger charge is 2.34. The van der Waals surface area contributed by atoms with Gasteiger partial charge < -0.3 is 5.11 Å². The molecule has 0 bridgehead atoms. The van der Waals surface area contributed by atoms with E-state index < -0.39 is 0 Å². The largest absolute Gasteiger partial charge is 0.505 e. The molecule has 7 heteroatoms. The maximum atomic E-state index is 12.9. The third kappa shape index (κ3) is 3.42. The van der Waals surface area contributed by atoms with Gasteiger partial charge in [-0.25, -0.2) is 0 Å². The van der Waals surface area contributed by atoms with Crippen molar-refractivity contribution in [2.24, 2.45) is 0 Å². The van der Waals surface area contributed by atoms with Gasteiger partial charge in [0.05, 0.1) is 20.6 Å². The monoisotopic (exact) mass is 409 g/mol. The summed E-state index contributed by atoms with van der Waals surface area (Å²) >= 11 is 18.5. The first-order chi connectivity index (χ1) is 11.8. The first-order valence-corrected chi connectivity index (χ1v) is 9.30. The number of thiocarbonyl (C=S) groups is 1. The van der Waals surface area contributed by atoms with Gasteiger partial charge in [-0.1, -0.05) is 59.3 Å². The zero-order valence-corrected chi connectivity index (χ0v) is 16.5. The fourth-order valence-corrected chi connectivity index (χ4v) is 4.26. The minimum Gasteiger partial charge on any atom is -0.505 e. The number of phenolic OH excluding ortho intramolecular Hbond substituents is 1. The minimum absolute atomic E-state index is 0.128. The zero-order chi connectivity index (χ0) is 18.3. The van der Waals surface area contributed by atoms with Crippen LogP contribution in [0.5, 0.6) is 5.75 Å². The molecule has 1 fully saturated rings. The van der Waals surface area contributed by atoms with Crippen molar-refractivity contribution in [1.29, 1.82) is 0 Å². The molecule has 1 aliphatic heterocycles. The Morgan fingerprint density at radius 3 is 2.48 bits per heavy atom. The van der Waals surface area contributed by atoms with Crippen molar-refractivity contribution in [1.82, 2.24) is 0 Å². The normalized spacial score (nSPS) is 16.2. The van der Waals surface area contributed by atoms with Crippen LogP contribution in [0.15, 0.2) is 35.2 Å². The van der Waals surface area contributed by atoms with E-state index in [1.165, 1.54) is 16.7 Å². The molecular formula is C18H13Cl2NO2S2. The van der Waals surface area contributed by atoms with Crippen molar-refractivity contribution in [3.05, 3.63) is 62.0 Å². The van der Waals surface area contributed by atoms with Crippen molar-refractivity contribution in [3.8, 4) is 5.75 Å². The maximum Gasteiger partial charge on any atom is 0.270 e. The number of anilines is 1. The Labute approximate surface area is 165 Å². The van der Waals surface area contributed by atoms with Crippen LogP contribution >= 0.6 is 47.2 Å². The number of hydrogen-bond acceptors (Lipinski definition) is 4. The quantitative estimate of drug-likeness (QED) is 0.508. The Balaban J connectivity index is 2.00. The first kappa shape index (κ1) is 18.3. The molecule has 0 atom stereocenters. The lowest BCUT2D eigenvalue weighted by atomic mass is 10.1. The number of nitrogens with zero attached hydrogens (tertiary/aromatic N) is 1. The predicted octanol–water partition coefficient (Wildman–Crippen LogP) is 5.72. The highest BCUT2D eigenvalue weighted by atomic mass is 35.5. The second-order valence-corrected chi connectivity index (χ2v) is 8.06. The molecule has 2 aromatic carbocycles. The average Bonchev–Trinajstić information content (AvgIpc) is 2.82. The van der Waals surface area contributed by atoms with Crippen molar-refractivity contribution in [3.63, 3.8) is 0 Å². The van der Waals surface area contributed by atoms with Crippen LogP contribution < -0.4 is 4.90 Å². The number of halogens is 2. The molecule has 0 spiro atoms. The van der Waals surface area contributed by atoms with Crippen LogP contribution in [-0.2, 0) is 4.79 Å². The molecule has 2 aromatic rings. The predicted molar refractivity (Wildman–Crippen MR) is 110 cm³/mol. The van der Waals surface area contributed by atoms with Crippen LogP contribution in [0, 0.1) is 13.8 Å². The van der Waals surface area contributed by atoms with Gasteiger partial charge in [-0.05, 0) is 54.8 Å². The number of benzene rings is 2. The summed E-state index contributed by atoms with van der Waals surface area (Å²) in [7, 11) is 0. The molecule has 0 saturated carbocycles. The van der Waals surface area contributed by atoms with E-state index in [0.29, 0.717) is 14.8 Å². The summed E-state index contributed by atoms with van der Waals surface area (Å²) in [5.41, 5.74) is 3.50. The number of phenols is 1. The lowest BCUT2D eigenvalue weighted by molar-refractivity contribution is -0.113. The van der Waals surface area contributed by atoms with Crippen LogP contribution in [0.4, 0.5) is 5.69 Å². The number of thioether (sulfide) groups is 1. The van der Waals surface area contributed by atoms with E-state index in [2.05, 4.69) is 0 Å². The Kier molecular flexibility index (Phi) is 5.11. The van der Waals surface area contributed by atoms with Crippen molar-refractivity contribution in [2.75, 3.05) is 4.90 Å². The third-order valence-corrected chi connectivity index (χ3v) is 5.83. The smallest absolute Gasteiger partial charge is 0.270 e. The summed E-state index contributed by atoms with van der Waals surface area (Å²) in [6.07, 6.45) is 1.67.